The smallest absolute Gasteiger partial charge is 0.254 e. The van der Waals surface area contributed by atoms with Crippen LogP contribution in [0, 0.1) is 0 Å². The van der Waals surface area contributed by atoms with Gasteiger partial charge in [-0.1, -0.05) is 0 Å². The lowest BCUT2D eigenvalue weighted by atomic mass is 9.98. The molecule has 1 fully saturated rings. The average molecular weight is 262 g/mol. The van der Waals surface area contributed by atoms with Crippen molar-refractivity contribution in [2.45, 2.75) is 32.4 Å². The number of carbonyl (C=O) groups is 1. The van der Waals surface area contributed by atoms with E-state index in [-0.39, 0.29) is 17.5 Å². The number of carbonyl (C=O) groups excluding carboxylic acids is 1. The fourth-order valence-corrected chi connectivity index (χ4v) is 2.34. The minimum atomic E-state index is -0.0331. The summed E-state index contributed by atoms with van der Waals surface area (Å²) in [5, 5.41) is 3.45. The van der Waals surface area contributed by atoms with Crippen LogP contribution in [0.2, 0.25) is 0 Å². The lowest BCUT2D eigenvalue weighted by Crippen LogP contribution is -2.62. The molecule has 1 aromatic rings. The molecule has 19 heavy (non-hydrogen) atoms. The van der Waals surface area contributed by atoms with Crippen LogP contribution in [-0.2, 0) is 0 Å². The van der Waals surface area contributed by atoms with Gasteiger partial charge in [0.05, 0.1) is 7.11 Å². The summed E-state index contributed by atoms with van der Waals surface area (Å²) in [6, 6.07) is 7.50. The standard InChI is InChI=1S/C15H22N2O2/c1-11-9-16-15(2,3)10-17(11)14(18)12-5-7-13(19-4)8-6-12/h5-8,11,16H,9-10H2,1-4H3. The summed E-state index contributed by atoms with van der Waals surface area (Å²) in [5.41, 5.74) is 0.680. The number of nitrogens with one attached hydrogen (secondary N) is 1. The van der Waals surface area contributed by atoms with Crippen LogP contribution in [0.15, 0.2) is 24.3 Å². The zero-order chi connectivity index (χ0) is 14.0. The van der Waals surface area contributed by atoms with Gasteiger partial charge in [0.1, 0.15) is 5.75 Å². The highest BCUT2D eigenvalue weighted by atomic mass is 16.5. The van der Waals surface area contributed by atoms with E-state index in [1.165, 1.54) is 0 Å². The number of rotatable bonds is 2. The molecule has 1 amide bonds. The second kappa shape index (κ2) is 5.21. The molecule has 4 nitrogen and oxygen atoms in total. The van der Waals surface area contributed by atoms with Crippen molar-refractivity contribution < 1.29 is 9.53 Å². The van der Waals surface area contributed by atoms with Gasteiger partial charge < -0.3 is 15.0 Å². The first-order valence-corrected chi connectivity index (χ1v) is 6.63. The minimum Gasteiger partial charge on any atom is -0.497 e. The first-order chi connectivity index (χ1) is 8.93. The third-order valence-corrected chi connectivity index (χ3v) is 3.57. The van der Waals surface area contributed by atoms with Gasteiger partial charge in [0, 0.05) is 30.2 Å². The van der Waals surface area contributed by atoms with Gasteiger partial charge in [-0.25, -0.2) is 0 Å². The Bertz CT molecular complexity index is 454. The monoisotopic (exact) mass is 262 g/mol. The van der Waals surface area contributed by atoms with Crippen molar-refractivity contribution >= 4 is 5.91 Å². The molecule has 1 heterocycles. The Morgan fingerprint density at radius 1 is 1.37 bits per heavy atom. The van der Waals surface area contributed by atoms with Crippen molar-refractivity contribution in [2.75, 3.05) is 20.2 Å². The molecule has 0 saturated carbocycles. The molecular formula is C15H22N2O2. The Hall–Kier alpha value is -1.55. The van der Waals surface area contributed by atoms with Crippen LogP contribution in [-0.4, -0.2) is 42.6 Å². The van der Waals surface area contributed by atoms with Crippen LogP contribution in [0.25, 0.3) is 0 Å². The molecule has 1 aliphatic rings. The number of methoxy groups -OCH3 is 1. The third kappa shape index (κ3) is 3.07. The summed E-state index contributed by atoms with van der Waals surface area (Å²) in [6.45, 7) is 7.86. The zero-order valence-electron chi connectivity index (χ0n) is 12.1. The summed E-state index contributed by atoms with van der Waals surface area (Å²) in [4.78, 5) is 14.5. The summed E-state index contributed by atoms with van der Waals surface area (Å²) in [7, 11) is 1.62. The van der Waals surface area contributed by atoms with Gasteiger partial charge >= 0.3 is 0 Å². The molecule has 1 atom stereocenters. The number of piperazine rings is 1. The van der Waals surface area contributed by atoms with Gasteiger partial charge in [0.15, 0.2) is 0 Å². The summed E-state index contributed by atoms with van der Waals surface area (Å²) >= 11 is 0. The largest absolute Gasteiger partial charge is 0.497 e. The molecule has 1 saturated heterocycles. The fourth-order valence-electron chi connectivity index (χ4n) is 2.34. The van der Waals surface area contributed by atoms with Gasteiger partial charge in [0.2, 0.25) is 0 Å². The molecule has 1 unspecified atom stereocenters. The molecule has 0 radical (unpaired) electrons. The number of nitrogens with zero attached hydrogens (tertiary/aromatic N) is 1. The van der Waals surface area contributed by atoms with Crippen LogP contribution >= 0.6 is 0 Å². The van der Waals surface area contributed by atoms with Crippen molar-refractivity contribution in [1.82, 2.24) is 10.2 Å². The maximum atomic E-state index is 12.6. The van der Waals surface area contributed by atoms with Gasteiger partial charge in [-0.3, -0.25) is 4.79 Å². The Kier molecular flexibility index (Phi) is 3.80. The first kappa shape index (κ1) is 13.9. The molecule has 0 aliphatic carbocycles. The van der Waals surface area contributed by atoms with Crippen LogP contribution in [0.3, 0.4) is 0 Å². The summed E-state index contributed by atoms with van der Waals surface area (Å²) < 4.78 is 5.11. The van der Waals surface area contributed by atoms with E-state index in [1.807, 2.05) is 29.2 Å². The summed E-state index contributed by atoms with van der Waals surface area (Å²) in [5.74, 6) is 0.856. The minimum absolute atomic E-state index is 0.0331. The maximum absolute atomic E-state index is 12.6. The van der Waals surface area contributed by atoms with Crippen LogP contribution in [0.4, 0.5) is 0 Å². The number of amides is 1. The molecule has 0 bridgehead atoms. The SMILES string of the molecule is COc1ccc(C(=O)N2CC(C)(C)NCC2C)cc1. The van der Waals surface area contributed by atoms with E-state index >= 15 is 0 Å². The summed E-state index contributed by atoms with van der Waals surface area (Å²) in [6.07, 6.45) is 0. The van der Waals surface area contributed by atoms with Crippen molar-refractivity contribution in [1.29, 1.82) is 0 Å². The average Bonchev–Trinajstić information content (AvgIpc) is 2.41. The van der Waals surface area contributed by atoms with E-state index in [9.17, 15) is 4.79 Å². The lowest BCUT2D eigenvalue weighted by Gasteiger charge is -2.43. The Morgan fingerprint density at radius 2 is 2.00 bits per heavy atom. The highest BCUT2D eigenvalue weighted by Crippen LogP contribution is 2.19. The first-order valence-electron chi connectivity index (χ1n) is 6.63. The third-order valence-electron chi connectivity index (χ3n) is 3.57. The van der Waals surface area contributed by atoms with E-state index in [1.54, 1.807) is 7.11 Å². The molecule has 2 rings (SSSR count). The van der Waals surface area contributed by atoms with E-state index in [2.05, 4.69) is 26.1 Å². The Labute approximate surface area is 114 Å². The lowest BCUT2D eigenvalue weighted by molar-refractivity contribution is 0.0533. The fraction of sp³-hybridized carbons (Fsp3) is 0.533. The highest BCUT2D eigenvalue weighted by molar-refractivity contribution is 5.94. The van der Waals surface area contributed by atoms with Crippen LogP contribution in [0.1, 0.15) is 31.1 Å². The number of ether oxygens (including phenoxy) is 1. The molecule has 0 aromatic heterocycles. The Morgan fingerprint density at radius 3 is 2.58 bits per heavy atom. The Balaban J connectivity index is 2.17. The van der Waals surface area contributed by atoms with Crippen molar-refractivity contribution in [3.8, 4) is 5.75 Å². The molecule has 1 N–H and O–H groups in total. The van der Waals surface area contributed by atoms with Crippen molar-refractivity contribution in [3.05, 3.63) is 29.8 Å². The van der Waals surface area contributed by atoms with Gasteiger partial charge in [-0.2, -0.15) is 0 Å². The van der Waals surface area contributed by atoms with E-state index in [0.717, 1.165) is 18.8 Å². The van der Waals surface area contributed by atoms with Crippen LogP contribution in [0.5, 0.6) is 5.75 Å². The normalized spacial score (nSPS) is 22.1. The second-order valence-corrected chi connectivity index (χ2v) is 5.78. The maximum Gasteiger partial charge on any atom is 0.254 e. The number of benzene rings is 1. The topological polar surface area (TPSA) is 41.6 Å². The van der Waals surface area contributed by atoms with Gasteiger partial charge in [-0.15, -0.1) is 0 Å². The van der Waals surface area contributed by atoms with Gasteiger partial charge in [0.25, 0.3) is 5.91 Å². The highest BCUT2D eigenvalue weighted by Gasteiger charge is 2.33. The molecule has 104 valence electrons. The van der Waals surface area contributed by atoms with E-state index in [4.69, 9.17) is 4.74 Å². The quantitative estimate of drug-likeness (QED) is 0.885. The zero-order valence-corrected chi connectivity index (χ0v) is 12.1. The molecular weight excluding hydrogens is 240 g/mol. The second-order valence-electron chi connectivity index (χ2n) is 5.78. The van der Waals surface area contributed by atoms with Crippen LogP contribution < -0.4 is 10.1 Å². The molecule has 0 spiro atoms. The number of hydrogen-bond acceptors (Lipinski definition) is 3. The van der Waals surface area contributed by atoms with E-state index in [0.29, 0.717) is 5.56 Å². The molecule has 4 heteroatoms. The van der Waals surface area contributed by atoms with E-state index < -0.39 is 0 Å². The van der Waals surface area contributed by atoms with Crippen molar-refractivity contribution in [3.63, 3.8) is 0 Å². The van der Waals surface area contributed by atoms with Gasteiger partial charge in [-0.05, 0) is 45.0 Å². The predicted octanol–water partition coefficient (Wildman–Crippen LogP) is 1.91. The number of hydrogen-bond donors (Lipinski definition) is 1. The predicted molar refractivity (Wildman–Crippen MR) is 75.6 cm³/mol. The molecule has 1 aromatic carbocycles. The van der Waals surface area contributed by atoms with Crippen molar-refractivity contribution in [2.24, 2.45) is 0 Å². The molecule has 1 aliphatic heterocycles.